The number of anilines is 1. The Balaban J connectivity index is 1.92. The number of amides is 1. The number of hydrogen-bond acceptors (Lipinski definition) is 5. The van der Waals surface area contributed by atoms with E-state index in [1.165, 1.54) is 12.1 Å². The fourth-order valence-corrected chi connectivity index (χ4v) is 2.67. The smallest absolute Gasteiger partial charge is 0.396 e. The zero-order valence-electron chi connectivity index (χ0n) is 16.2. The number of quaternary nitrogens is 1. The molecule has 0 spiro atoms. The Labute approximate surface area is 174 Å². The molecule has 4 N–H and O–H groups in total. The molecule has 162 valence electrons. The molecule has 0 saturated carbocycles. The number of aromatic nitrogens is 3. The monoisotopic (exact) mass is 434 g/mol. The van der Waals surface area contributed by atoms with Crippen LogP contribution in [-0.4, -0.2) is 39.4 Å². The molecule has 0 aliphatic heterocycles. The van der Waals surface area contributed by atoms with Crippen LogP contribution in [0.2, 0.25) is 0 Å². The topological polar surface area (TPSA) is 114 Å². The molecule has 8 nitrogen and oxygen atoms in total. The molecule has 0 radical (unpaired) electrons. The standard InChI is InChI=1S/C20H18F3N5O3/c21-20(22,23)12-16-25-19(28(27-16)13-6-2-1-3-7-13)26-18(30)14-8-4-5-9-15(14)31-17(29)10-11-24/h1-9H,10-12,24H2,(H,25,26,27,30)/p+1. The molecule has 11 heteroatoms. The van der Waals surface area contributed by atoms with Crippen LogP contribution in [0, 0.1) is 0 Å². The van der Waals surface area contributed by atoms with Crippen molar-refractivity contribution in [3.63, 3.8) is 0 Å². The molecule has 0 bridgehead atoms. The minimum absolute atomic E-state index is 0.0136. The van der Waals surface area contributed by atoms with Crippen molar-refractivity contribution in [1.29, 1.82) is 0 Å². The van der Waals surface area contributed by atoms with E-state index in [1.54, 1.807) is 42.5 Å². The lowest BCUT2D eigenvalue weighted by Crippen LogP contribution is -2.51. The number of carbonyl (C=O) groups is 2. The third-order valence-corrected chi connectivity index (χ3v) is 3.97. The van der Waals surface area contributed by atoms with Crippen LogP contribution in [0.4, 0.5) is 19.1 Å². The van der Waals surface area contributed by atoms with Crippen molar-refractivity contribution in [1.82, 2.24) is 14.8 Å². The first kappa shape index (κ1) is 22.0. The van der Waals surface area contributed by atoms with Crippen LogP contribution < -0.4 is 15.8 Å². The van der Waals surface area contributed by atoms with E-state index in [9.17, 15) is 22.8 Å². The highest BCUT2D eigenvalue weighted by Crippen LogP contribution is 2.24. The minimum atomic E-state index is -4.51. The van der Waals surface area contributed by atoms with Crippen molar-refractivity contribution in [2.75, 3.05) is 11.9 Å². The van der Waals surface area contributed by atoms with E-state index in [2.05, 4.69) is 21.1 Å². The summed E-state index contributed by atoms with van der Waals surface area (Å²) < 4.78 is 44.8. The molecule has 0 aliphatic carbocycles. The van der Waals surface area contributed by atoms with Gasteiger partial charge in [-0.15, -0.1) is 5.10 Å². The SMILES string of the molecule is [NH3+]CCC(=O)Oc1ccccc1C(=O)Nc1nc(CC(F)(F)F)nn1-c1ccccc1. The third kappa shape index (κ3) is 5.89. The van der Waals surface area contributed by atoms with Gasteiger partial charge in [-0.1, -0.05) is 30.3 Å². The van der Waals surface area contributed by atoms with E-state index in [4.69, 9.17) is 4.74 Å². The fraction of sp³-hybridized carbons (Fsp3) is 0.200. The van der Waals surface area contributed by atoms with Crippen molar-refractivity contribution >= 4 is 17.8 Å². The summed E-state index contributed by atoms with van der Waals surface area (Å²) in [7, 11) is 0. The summed E-state index contributed by atoms with van der Waals surface area (Å²) in [4.78, 5) is 28.5. The molecule has 0 fully saturated rings. The zero-order valence-corrected chi connectivity index (χ0v) is 16.2. The summed E-state index contributed by atoms with van der Waals surface area (Å²) in [6.07, 6.45) is -5.80. The number of ether oxygens (including phenoxy) is 1. The lowest BCUT2D eigenvalue weighted by Gasteiger charge is -2.10. The highest BCUT2D eigenvalue weighted by atomic mass is 19.4. The summed E-state index contributed by atoms with van der Waals surface area (Å²) >= 11 is 0. The second kappa shape index (κ2) is 9.39. The predicted molar refractivity (Wildman–Crippen MR) is 104 cm³/mol. The van der Waals surface area contributed by atoms with Gasteiger partial charge < -0.3 is 10.5 Å². The van der Waals surface area contributed by atoms with Crippen LogP contribution in [-0.2, 0) is 11.2 Å². The van der Waals surface area contributed by atoms with Crippen LogP contribution in [0.15, 0.2) is 54.6 Å². The highest BCUT2D eigenvalue weighted by Gasteiger charge is 2.31. The Morgan fingerprint density at radius 2 is 1.74 bits per heavy atom. The van der Waals surface area contributed by atoms with Gasteiger partial charge in [-0.25, -0.2) is 0 Å². The number of alkyl halides is 3. The van der Waals surface area contributed by atoms with E-state index < -0.39 is 30.3 Å². The van der Waals surface area contributed by atoms with Gasteiger partial charge in [0.2, 0.25) is 5.95 Å². The second-order valence-corrected chi connectivity index (χ2v) is 6.42. The first-order chi connectivity index (χ1) is 14.8. The molecule has 0 aliphatic rings. The minimum Gasteiger partial charge on any atom is -0.426 e. The predicted octanol–water partition coefficient (Wildman–Crippen LogP) is 2.16. The van der Waals surface area contributed by atoms with Crippen molar-refractivity contribution in [2.45, 2.75) is 19.0 Å². The molecule has 2 aromatic carbocycles. The molecule has 0 saturated heterocycles. The van der Waals surface area contributed by atoms with Gasteiger partial charge in [0.1, 0.15) is 12.2 Å². The maximum absolute atomic E-state index is 12.8. The summed E-state index contributed by atoms with van der Waals surface area (Å²) in [6.45, 7) is 0.329. The Morgan fingerprint density at radius 1 is 1.06 bits per heavy atom. The molecule has 3 rings (SSSR count). The number of rotatable bonds is 7. The van der Waals surface area contributed by atoms with Crippen molar-refractivity contribution in [2.24, 2.45) is 0 Å². The molecule has 1 aromatic heterocycles. The van der Waals surface area contributed by atoms with Gasteiger partial charge in [0.05, 0.1) is 24.2 Å². The van der Waals surface area contributed by atoms with Gasteiger partial charge in [0.25, 0.3) is 5.91 Å². The zero-order chi connectivity index (χ0) is 22.4. The fourth-order valence-electron chi connectivity index (χ4n) is 2.67. The van der Waals surface area contributed by atoms with Gasteiger partial charge in [0.15, 0.2) is 5.82 Å². The molecular weight excluding hydrogens is 415 g/mol. The number of nitrogens with zero attached hydrogens (tertiary/aromatic N) is 3. The number of para-hydroxylation sites is 2. The van der Waals surface area contributed by atoms with Gasteiger partial charge in [0, 0.05) is 0 Å². The lowest BCUT2D eigenvalue weighted by atomic mass is 10.2. The lowest BCUT2D eigenvalue weighted by molar-refractivity contribution is -0.366. The summed E-state index contributed by atoms with van der Waals surface area (Å²) in [6, 6.07) is 14.3. The van der Waals surface area contributed by atoms with Gasteiger partial charge in [-0.3, -0.25) is 14.9 Å². The Morgan fingerprint density at radius 3 is 2.42 bits per heavy atom. The Kier molecular flexibility index (Phi) is 6.65. The number of carbonyl (C=O) groups excluding carboxylic acids is 2. The maximum atomic E-state index is 12.8. The molecule has 1 heterocycles. The van der Waals surface area contributed by atoms with E-state index >= 15 is 0 Å². The van der Waals surface area contributed by atoms with Crippen LogP contribution in [0.1, 0.15) is 22.6 Å². The van der Waals surface area contributed by atoms with Crippen molar-refractivity contribution < 1.29 is 33.2 Å². The average Bonchev–Trinajstić information content (AvgIpc) is 3.09. The third-order valence-electron chi connectivity index (χ3n) is 3.97. The van der Waals surface area contributed by atoms with Crippen LogP contribution in [0.3, 0.4) is 0 Å². The summed E-state index contributed by atoms with van der Waals surface area (Å²) in [5, 5.41) is 6.34. The quantitative estimate of drug-likeness (QED) is 0.437. The van der Waals surface area contributed by atoms with E-state index in [-0.39, 0.29) is 23.7 Å². The van der Waals surface area contributed by atoms with E-state index in [0.717, 1.165) is 4.68 Å². The maximum Gasteiger partial charge on any atom is 0.396 e. The van der Waals surface area contributed by atoms with Crippen LogP contribution in [0.5, 0.6) is 5.75 Å². The number of esters is 1. The summed E-state index contributed by atoms with van der Waals surface area (Å²) in [5.41, 5.74) is 3.99. The van der Waals surface area contributed by atoms with Gasteiger partial charge in [-0.05, 0) is 24.3 Å². The molecule has 31 heavy (non-hydrogen) atoms. The molecular formula is C20H19F3N5O3+. The van der Waals surface area contributed by atoms with Crippen LogP contribution >= 0.6 is 0 Å². The normalized spacial score (nSPS) is 11.2. The van der Waals surface area contributed by atoms with Gasteiger partial charge in [-0.2, -0.15) is 22.8 Å². The number of nitrogens with one attached hydrogen (secondary N) is 1. The molecule has 0 atom stereocenters. The Hall–Kier alpha value is -3.73. The van der Waals surface area contributed by atoms with Crippen LogP contribution in [0.25, 0.3) is 5.69 Å². The molecule has 0 unspecified atom stereocenters. The number of halogens is 3. The molecule has 1 amide bonds. The van der Waals surface area contributed by atoms with Crippen molar-refractivity contribution in [3.8, 4) is 11.4 Å². The first-order valence-corrected chi connectivity index (χ1v) is 9.25. The largest absolute Gasteiger partial charge is 0.426 e. The van der Waals surface area contributed by atoms with Gasteiger partial charge >= 0.3 is 12.1 Å². The van der Waals surface area contributed by atoms with E-state index in [0.29, 0.717) is 12.2 Å². The Bertz CT molecular complexity index is 1070. The molecule has 3 aromatic rings. The summed E-state index contributed by atoms with van der Waals surface area (Å²) in [5.74, 6) is -1.97. The van der Waals surface area contributed by atoms with E-state index in [1.807, 2.05) is 0 Å². The second-order valence-electron chi connectivity index (χ2n) is 6.42. The number of hydrogen-bond donors (Lipinski definition) is 2. The average molecular weight is 434 g/mol. The van der Waals surface area contributed by atoms with Crippen molar-refractivity contribution in [3.05, 3.63) is 66.0 Å². The number of benzene rings is 2. The highest BCUT2D eigenvalue weighted by molar-refractivity contribution is 6.05. The first-order valence-electron chi connectivity index (χ1n) is 9.25.